The van der Waals surface area contributed by atoms with Gasteiger partial charge in [-0.3, -0.25) is 14.7 Å². The summed E-state index contributed by atoms with van der Waals surface area (Å²) in [6, 6.07) is 13.1. The first-order valence-corrected chi connectivity index (χ1v) is 6.95. The summed E-state index contributed by atoms with van der Waals surface area (Å²) >= 11 is 0. The number of aromatic nitrogens is 1. The van der Waals surface area contributed by atoms with Gasteiger partial charge in [0.25, 0.3) is 0 Å². The van der Waals surface area contributed by atoms with Crippen LogP contribution >= 0.6 is 0 Å². The Labute approximate surface area is 125 Å². The zero-order chi connectivity index (χ0) is 15.2. The molecule has 0 radical (unpaired) electrons. The Kier molecular flexibility index (Phi) is 5.06. The molecule has 0 saturated carbocycles. The maximum absolute atomic E-state index is 11.5. The fourth-order valence-electron chi connectivity index (χ4n) is 2.23. The number of likely N-dealkylation sites (N-methyl/N-ethyl adjacent to an activating group) is 1. The molecule has 1 heterocycles. The van der Waals surface area contributed by atoms with Crippen molar-refractivity contribution < 1.29 is 9.90 Å². The van der Waals surface area contributed by atoms with E-state index in [0.29, 0.717) is 13.0 Å². The molecule has 1 aromatic heterocycles. The standard InChI is InChI=1S/C17H20N2O2/c1-13-8-9-15(18-11-13)12-19(2)16(17(20)21)10-14-6-4-3-5-7-14/h3-9,11,16H,10,12H2,1-2H3,(H,20,21). The van der Waals surface area contributed by atoms with Crippen molar-refractivity contribution in [3.8, 4) is 0 Å². The van der Waals surface area contributed by atoms with E-state index in [0.717, 1.165) is 16.8 Å². The van der Waals surface area contributed by atoms with Crippen LogP contribution in [0.4, 0.5) is 0 Å². The fraction of sp³-hybridized carbons (Fsp3) is 0.294. The second-order valence-electron chi connectivity index (χ2n) is 5.29. The van der Waals surface area contributed by atoms with E-state index < -0.39 is 12.0 Å². The lowest BCUT2D eigenvalue weighted by Crippen LogP contribution is -2.39. The molecule has 0 aliphatic heterocycles. The first-order chi connectivity index (χ1) is 10.1. The van der Waals surface area contributed by atoms with Crippen molar-refractivity contribution in [1.29, 1.82) is 0 Å². The minimum absolute atomic E-state index is 0.485. The Bertz CT molecular complexity index is 581. The van der Waals surface area contributed by atoms with Gasteiger partial charge in [-0.1, -0.05) is 36.4 Å². The number of hydrogen-bond donors (Lipinski definition) is 1. The van der Waals surface area contributed by atoms with Gasteiger partial charge in [0.2, 0.25) is 0 Å². The van der Waals surface area contributed by atoms with Gasteiger partial charge in [0.15, 0.2) is 0 Å². The molecule has 1 N–H and O–H groups in total. The Hall–Kier alpha value is -2.20. The monoisotopic (exact) mass is 284 g/mol. The van der Waals surface area contributed by atoms with Crippen LogP contribution < -0.4 is 0 Å². The third-order valence-corrected chi connectivity index (χ3v) is 3.47. The van der Waals surface area contributed by atoms with Gasteiger partial charge in [0.05, 0.1) is 5.69 Å². The van der Waals surface area contributed by atoms with Crippen LogP contribution in [0.1, 0.15) is 16.8 Å². The molecule has 0 amide bonds. The van der Waals surface area contributed by atoms with Crippen molar-refractivity contribution in [3.63, 3.8) is 0 Å². The highest BCUT2D eigenvalue weighted by molar-refractivity contribution is 5.73. The summed E-state index contributed by atoms with van der Waals surface area (Å²) < 4.78 is 0. The number of carbonyl (C=O) groups is 1. The molecule has 4 heteroatoms. The van der Waals surface area contributed by atoms with E-state index in [1.54, 1.807) is 6.20 Å². The molecule has 0 aliphatic carbocycles. The summed E-state index contributed by atoms with van der Waals surface area (Å²) in [7, 11) is 1.82. The van der Waals surface area contributed by atoms with Gasteiger partial charge < -0.3 is 5.11 Å². The van der Waals surface area contributed by atoms with E-state index >= 15 is 0 Å². The smallest absolute Gasteiger partial charge is 0.321 e. The van der Waals surface area contributed by atoms with Crippen molar-refractivity contribution in [3.05, 3.63) is 65.5 Å². The lowest BCUT2D eigenvalue weighted by molar-refractivity contribution is -0.142. The number of carboxylic acids is 1. The van der Waals surface area contributed by atoms with Crippen molar-refractivity contribution in [2.45, 2.75) is 25.9 Å². The molecular formula is C17H20N2O2. The molecular weight excluding hydrogens is 264 g/mol. The highest BCUT2D eigenvalue weighted by atomic mass is 16.4. The van der Waals surface area contributed by atoms with Crippen molar-refractivity contribution in [2.75, 3.05) is 7.05 Å². The fourth-order valence-corrected chi connectivity index (χ4v) is 2.23. The molecule has 1 atom stereocenters. The third-order valence-electron chi connectivity index (χ3n) is 3.47. The molecule has 0 aliphatic rings. The second kappa shape index (κ2) is 6.99. The number of carboxylic acid groups (broad SMARTS) is 1. The van der Waals surface area contributed by atoms with Crippen LogP contribution in [-0.4, -0.2) is 34.0 Å². The first-order valence-electron chi connectivity index (χ1n) is 6.95. The molecule has 2 rings (SSSR count). The molecule has 1 unspecified atom stereocenters. The summed E-state index contributed by atoms with van der Waals surface area (Å²) in [5.41, 5.74) is 3.00. The van der Waals surface area contributed by atoms with E-state index in [2.05, 4.69) is 4.98 Å². The van der Waals surface area contributed by atoms with Crippen LogP contribution in [0.5, 0.6) is 0 Å². The third kappa shape index (κ3) is 4.39. The van der Waals surface area contributed by atoms with Crippen molar-refractivity contribution in [1.82, 2.24) is 9.88 Å². The zero-order valence-corrected chi connectivity index (χ0v) is 12.4. The Morgan fingerprint density at radius 3 is 2.52 bits per heavy atom. The summed E-state index contributed by atoms with van der Waals surface area (Å²) in [4.78, 5) is 17.7. The van der Waals surface area contributed by atoms with Gasteiger partial charge in [0.1, 0.15) is 6.04 Å². The zero-order valence-electron chi connectivity index (χ0n) is 12.4. The van der Waals surface area contributed by atoms with E-state index in [1.807, 2.05) is 61.3 Å². The molecule has 110 valence electrons. The Morgan fingerprint density at radius 1 is 1.24 bits per heavy atom. The van der Waals surface area contributed by atoms with Crippen LogP contribution in [0.3, 0.4) is 0 Å². The second-order valence-corrected chi connectivity index (χ2v) is 5.29. The van der Waals surface area contributed by atoms with E-state index in [4.69, 9.17) is 0 Å². The van der Waals surface area contributed by atoms with Crippen LogP contribution in [-0.2, 0) is 17.8 Å². The summed E-state index contributed by atoms with van der Waals surface area (Å²) in [5.74, 6) is -0.812. The van der Waals surface area contributed by atoms with E-state index in [9.17, 15) is 9.90 Å². The molecule has 2 aromatic rings. The molecule has 4 nitrogen and oxygen atoms in total. The van der Waals surface area contributed by atoms with Crippen LogP contribution in [0.25, 0.3) is 0 Å². The number of benzene rings is 1. The predicted molar refractivity (Wildman–Crippen MR) is 82.0 cm³/mol. The lowest BCUT2D eigenvalue weighted by Gasteiger charge is -2.24. The maximum Gasteiger partial charge on any atom is 0.321 e. The quantitative estimate of drug-likeness (QED) is 0.885. The van der Waals surface area contributed by atoms with Gasteiger partial charge in [-0.05, 0) is 37.6 Å². The summed E-state index contributed by atoms with van der Waals surface area (Å²) in [6.45, 7) is 2.50. The van der Waals surface area contributed by atoms with E-state index in [1.165, 1.54) is 0 Å². The van der Waals surface area contributed by atoms with Crippen LogP contribution in [0.15, 0.2) is 48.7 Å². The number of hydrogen-bond acceptors (Lipinski definition) is 3. The van der Waals surface area contributed by atoms with Gasteiger partial charge >= 0.3 is 5.97 Å². The predicted octanol–water partition coefficient (Wildman–Crippen LogP) is 2.52. The number of aryl methyl sites for hydroxylation is 1. The Morgan fingerprint density at radius 2 is 1.95 bits per heavy atom. The first kappa shape index (κ1) is 15.2. The lowest BCUT2D eigenvalue weighted by atomic mass is 10.0. The topological polar surface area (TPSA) is 53.4 Å². The molecule has 1 aromatic carbocycles. The van der Waals surface area contributed by atoms with Gasteiger partial charge in [0, 0.05) is 12.7 Å². The maximum atomic E-state index is 11.5. The van der Waals surface area contributed by atoms with Crippen LogP contribution in [0.2, 0.25) is 0 Å². The molecule has 21 heavy (non-hydrogen) atoms. The van der Waals surface area contributed by atoms with Gasteiger partial charge in [-0.25, -0.2) is 0 Å². The number of pyridine rings is 1. The highest BCUT2D eigenvalue weighted by Gasteiger charge is 2.23. The van der Waals surface area contributed by atoms with E-state index in [-0.39, 0.29) is 0 Å². The minimum Gasteiger partial charge on any atom is -0.480 e. The summed E-state index contributed by atoms with van der Waals surface area (Å²) in [6.07, 6.45) is 2.29. The number of aliphatic carboxylic acids is 1. The van der Waals surface area contributed by atoms with Crippen molar-refractivity contribution in [2.24, 2.45) is 0 Å². The summed E-state index contributed by atoms with van der Waals surface area (Å²) in [5, 5.41) is 9.47. The molecule has 0 saturated heterocycles. The molecule has 0 bridgehead atoms. The molecule has 0 fully saturated rings. The largest absolute Gasteiger partial charge is 0.480 e. The van der Waals surface area contributed by atoms with Crippen LogP contribution in [0, 0.1) is 6.92 Å². The normalized spacial score (nSPS) is 12.3. The SMILES string of the molecule is Cc1ccc(CN(C)C(Cc2ccccc2)C(=O)O)nc1. The minimum atomic E-state index is -0.812. The molecule has 0 spiro atoms. The van der Waals surface area contributed by atoms with Gasteiger partial charge in [-0.2, -0.15) is 0 Å². The van der Waals surface area contributed by atoms with Crippen molar-refractivity contribution >= 4 is 5.97 Å². The Balaban J connectivity index is 2.07. The number of nitrogens with zero attached hydrogens (tertiary/aromatic N) is 2. The average molecular weight is 284 g/mol. The number of rotatable bonds is 6. The highest BCUT2D eigenvalue weighted by Crippen LogP contribution is 2.11. The average Bonchev–Trinajstić information content (AvgIpc) is 2.48. The van der Waals surface area contributed by atoms with Gasteiger partial charge in [-0.15, -0.1) is 0 Å².